The van der Waals surface area contributed by atoms with Crippen LogP contribution in [0.4, 0.5) is 5.69 Å². The Morgan fingerprint density at radius 2 is 2.07 bits per heavy atom. The molecule has 0 radical (unpaired) electrons. The van der Waals surface area contributed by atoms with E-state index in [0.717, 1.165) is 0 Å². The molecule has 2 N–H and O–H groups in total. The lowest BCUT2D eigenvalue weighted by Gasteiger charge is -2.20. The quantitative estimate of drug-likeness (QED) is 0.616. The van der Waals surface area contributed by atoms with Gasteiger partial charge >= 0.3 is 0 Å². The molecule has 0 aliphatic rings. The smallest absolute Gasteiger partial charge is 0.231 e. The number of carbonyl (C=O) groups is 1. The highest BCUT2D eigenvalue weighted by molar-refractivity contribution is 6.20. The minimum absolute atomic E-state index is 0.0521. The lowest BCUT2D eigenvalue weighted by atomic mass is 9.95. The van der Waals surface area contributed by atoms with Gasteiger partial charge in [-0.25, -0.2) is 0 Å². The Balaban J connectivity index is 2.80. The molecule has 1 amide bonds. The van der Waals surface area contributed by atoms with E-state index in [9.17, 15) is 9.90 Å². The second-order valence-corrected chi connectivity index (χ2v) is 4.26. The van der Waals surface area contributed by atoms with Crippen molar-refractivity contribution in [2.45, 2.75) is 13.8 Å². The van der Waals surface area contributed by atoms with Crippen LogP contribution in [0.25, 0.3) is 0 Å². The van der Waals surface area contributed by atoms with Gasteiger partial charge in [-0.05, 0) is 26.0 Å². The van der Waals surface area contributed by atoms with Crippen molar-refractivity contribution in [3.63, 3.8) is 0 Å². The van der Waals surface area contributed by atoms with Crippen LogP contribution < -0.4 is 5.32 Å². The van der Waals surface area contributed by atoms with Gasteiger partial charge in [-0.1, -0.05) is 12.1 Å². The molecule has 1 aromatic carbocycles. The summed E-state index contributed by atoms with van der Waals surface area (Å²) < 4.78 is 0. The van der Waals surface area contributed by atoms with Crippen molar-refractivity contribution in [2.75, 3.05) is 11.2 Å². The van der Waals surface area contributed by atoms with E-state index in [4.69, 9.17) is 11.6 Å². The van der Waals surface area contributed by atoms with Gasteiger partial charge in [0.25, 0.3) is 0 Å². The van der Waals surface area contributed by atoms with E-state index < -0.39 is 5.41 Å². The average Bonchev–Trinajstić information content (AvgIpc) is 2.21. The van der Waals surface area contributed by atoms with E-state index in [1.54, 1.807) is 32.0 Å². The zero-order valence-electron chi connectivity index (χ0n) is 8.75. The van der Waals surface area contributed by atoms with Gasteiger partial charge in [0.05, 0.1) is 11.1 Å². The van der Waals surface area contributed by atoms with Crippen LogP contribution in [0, 0.1) is 5.41 Å². The third kappa shape index (κ3) is 2.86. The van der Waals surface area contributed by atoms with Crippen molar-refractivity contribution in [1.29, 1.82) is 0 Å². The molecular formula is C11H14ClNO2. The first-order chi connectivity index (χ1) is 6.97. The first kappa shape index (κ1) is 11.9. The number of amides is 1. The van der Waals surface area contributed by atoms with Gasteiger partial charge in [-0.2, -0.15) is 0 Å². The summed E-state index contributed by atoms with van der Waals surface area (Å²) in [6.07, 6.45) is 0. The molecule has 0 unspecified atom stereocenters. The molecule has 1 rings (SSSR count). The van der Waals surface area contributed by atoms with E-state index in [1.165, 1.54) is 6.07 Å². The van der Waals surface area contributed by atoms with Crippen LogP contribution in [-0.2, 0) is 4.79 Å². The summed E-state index contributed by atoms with van der Waals surface area (Å²) >= 11 is 5.67. The number of hydrogen-bond acceptors (Lipinski definition) is 2. The Labute approximate surface area is 94.1 Å². The average molecular weight is 228 g/mol. The maximum Gasteiger partial charge on any atom is 0.231 e. The number of benzene rings is 1. The number of halogens is 1. The van der Waals surface area contributed by atoms with Crippen LogP contribution >= 0.6 is 11.6 Å². The largest absolute Gasteiger partial charge is 0.506 e. The molecule has 0 saturated heterocycles. The van der Waals surface area contributed by atoms with Crippen molar-refractivity contribution >= 4 is 23.2 Å². The zero-order chi connectivity index (χ0) is 11.5. The summed E-state index contributed by atoms with van der Waals surface area (Å²) in [5, 5.41) is 12.1. The first-order valence-corrected chi connectivity index (χ1v) is 5.16. The number of carbonyl (C=O) groups excluding carboxylic acids is 1. The Bertz CT molecular complexity index is 363. The second-order valence-electron chi connectivity index (χ2n) is 3.99. The summed E-state index contributed by atoms with van der Waals surface area (Å²) in [4.78, 5) is 11.7. The summed E-state index contributed by atoms with van der Waals surface area (Å²) in [5.74, 6) is 0.0714. The number of para-hydroxylation sites is 2. The molecule has 0 bridgehead atoms. The number of alkyl halides is 1. The van der Waals surface area contributed by atoms with Crippen LogP contribution in [-0.4, -0.2) is 16.9 Å². The monoisotopic (exact) mass is 227 g/mol. The molecule has 0 atom stereocenters. The number of aromatic hydroxyl groups is 1. The summed E-state index contributed by atoms with van der Waals surface area (Å²) in [7, 11) is 0. The maximum atomic E-state index is 11.7. The molecule has 0 fully saturated rings. The highest BCUT2D eigenvalue weighted by Crippen LogP contribution is 2.25. The molecule has 15 heavy (non-hydrogen) atoms. The molecule has 3 nitrogen and oxygen atoms in total. The summed E-state index contributed by atoms with van der Waals surface area (Å²) in [5.41, 5.74) is -0.246. The standard InChI is InChI=1S/C11H14ClNO2/c1-11(2,7-12)10(15)13-8-5-3-4-6-9(8)14/h3-6,14H,7H2,1-2H3,(H,13,15). The Kier molecular flexibility index (Phi) is 3.58. The maximum absolute atomic E-state index is 11.7. The predicted octanol–water partition coefficient (Wildman–Crippen LogP) is 2.60. The number of phenols is 1. The van der Waals surface area contributed by atoms with E-state index in [2.05, 4.69) is 5.32 Å². The molecule has 0 spiro atoms. The Morgan fingerprint density at radius 3 is 2.60 bits per heavy atom. The minimum Gasteiger partial charge on any atom is -0.506 e. The molecule has 4 heteroatoms. The van der Waals surface area contributed by atoms with Gasteiger partial charge in [0.15, 0.2) is 0 Å². The van der Waals surface area contributed by atoms with Crippen molar-refractivity contribution in [3.05, 3.63) is 24.3 Å². The Hall–Kier alpha value is -1.22. The number of hydrogen-bond donors (Lipinski definition) is 2. The van der Waals surface area contributed by atoms with Crippen molar-refractivity contribution < 1.29 is 9.90 Å². The van der Waals surface area contributed by atoms with Crippen molar-refractivity contribution in [2.24, 2.45) is 5.41 Å². The lowest BCUT2D eigenvalue weighted by molar-refractivity contribution is -0.122. The van der Waals surface area contributed by atoms with Crippen LogP contribution in [0.2, 0.25) is 0 Å². The van der Waals surface area contributed by atoms with Gasteiger partial charge < -0.3 is 10.4 Å². The highest BCUT2D eigenvalue weighted by atomic mass is 35.5. The topological polar surface area (TPSA) is 49.3 Å². The fraction of sp³-hybridized carbons (Fsp3) is 0.364. The summed E-state index contributed by atoms with van der Waals surface area (Å²) in [6, 6.07) is 6.58. The fourth-order valence-corrected chi connectivity index (χ4v) is 1.05. The molecule has 0 aliphatic heterocycles. The van der Waals surface area contributed by atoms with E-state index in [-0.39, 0.29) is 17.5 Å². The molecule has 0 saturated carbocycles. The Morgan fingerprint density at radius 1 is 1.47 bits per heavy atom. The first-order valence-electron chi connectivity index (χ1n) is 4.63. The van der Waals surface area contributed by atoms with Crippen LogP contribution in [0.5, 0.6) is 5.75 Å². The van der Waals surface area contributed by atoms with Crippen molar-refractivity contribution in [3.8, 4) is 5.75 Å². The molecule has 82 valence electrons. The SMILES string of the molecule is CC(C)(CCl)C(=O)Nc1ccccc1O. The number of rotatable bonds is 3. The lowest BCUT2D eigenvalue weighted by Crippen LogP contribution is -2.32. The molecule has 0 aliphatic carbocycles. The van der Waals surface area contributed by atoms with Gasteiger partial charge in [0.2, 0.25) is 5.91 Å². The molecular weight excluding hydrogens is 214 g/mol. The summed E-state index contributed by atoms with van der Waals surface area (Å²) in [6.45, 7) is 3.49. The second kappa shape index (κ2) is 4.53. The van der Waals surface area contributed by atoms with Crippen LogP contribution in [0.1, 0.15) is 13.8 Å². The van der Waals surface area contributed by atoms with E-state index in [1.807, 2.05) is 0 Å². The van der Waals surface area contributed by atoms with Gasteiger partial charge in [-0.3, -0.25) is 4.79 Å². The fourth-order valence-electron chi connectivity index (χ4n) is 0.932. The van der Waals surface area contributed by atoms with E-state index >= 15 is 0 Å². The van der Waals surface area contributed by atoms with Crippen molar-refractivity contribution in [1.82, 2.24) is 0 Å². The minimum atomic E-state index is -0.649. The third-order valence-electron chi connectivity index (χ3n) is 2.10. The predicted molar refractivity (Wildman–Crippen MR) is 61.2 cm³/mol. The van der Waals surface area contributed by atoms with Gasteiger partial charge in [0.1, 0.15) is 5.75 Å². The third-order valence-corrected chi connectivity index (χ3v) is 2.77. The molecule has 0 aromatic heterocycles. The number of phenolic OH excluding ortho intramolecular Hbond substituents is 1. The van der Waals surface area contributed by atoms with E-state index in [0.29, 0.717) is 5.69 Å². The highest BCUT2D eigenvalue weighted by Gasteiger charge is 2.26. The van der Waals surface area contributed by atoms with Crippen LogP contribution in [0.15, 0.2) is 24.3 Å². The van der Waals surface area contributed by atoms with Gasteiger partial charge in [-0.15, -0.1) is 11.6 Å². The molecule has 1 aromatic rings. The number of anilines is 1. The van der Waals surface area contributed by atoms with Crippen LogP contribution in [0.3, 0.4) is 0 Å². The zero-order valence-corrected chi connectivity index (χ0v) is 9.51. The normalized spacial score (nSPS) is 11.1. The van der Waals surface area contributed by atoms with Gasteiger partial charge in [0, 0.05) is 5.88 Å². The number of nitrogens with one attached hydrogen (secondary N) is 1. The molecule has 0 heterocycles.